The third kappa shape index (κ3) is 6.81. The fraction of sp³-hybridized carbons (Fsp3) is 0.594. The van der Waals surface area contributed by atoms with E-state index >= 15 is 0 Å². The average Bonchev–Trinajstić information content (AvgIpc) is 3.35. The Labute approximate surface area is 222 Å². The van der Waals surface area contributed by atoms with Crippen molar-refractivity contribution in [3.63, 3.8) is 0 Å². The highest BCUT2D eigenvalue weighted by Gasteiger charge is 2.46. The van der Waals surface area contributed by atoms with E-state index in [1.807, 2.05) is 6.07 Å². The molecule has 5 nitrogen and oxygen atoms in total. The van der Waals surface area contributed by atoms with Gasteiger partial charge in [0.05, 0.1) is 13.0 Å². The fourth-order valence-electron chi connectivity index (χ4n) is 7.20. The summed E-state index contributed by atoms with van der Waals surface area (Å²) in [7, 11) is 0. The molecule has 3 fully saturated rings. The molecule has 37 heavy (non-hydrogen) atoms. The molecule has 2 aromatic rings. The van der Waals surface area contributed by atoms with Crippen LogP contribution in [0.15, 0.2) is 60.7 Å². The summed E-state index contributed by atoms with van der Waals surface area (Å²) in [6.07, 6.45) is 8.30. The van der Waals surface area contributed by atoms with Crippen LogP contribution in [-0.2, 0) is 16.1 Å². The Kier molecular flexibility index (Phi) is 8.96. The maximum absolute atomic E-state index is 11.9. The number of likely N-dealkylation sites (tertiary alicyclic amines) is 2. The largest absolute Gasteiger partial charge is 0.481 e. The fourth-order valence-corrected chi connectivity index (χ4v) is 7.20. The summed E-state index contributed by atoms with van der Waals surface area (Å²) in [4.78, 5) is 17.2. The lowest BCUT2D eigenvalue weighted by atomic mass is 9.78. The van der Waals surface area contributed by atoms with Crippen LogP contribution in [-0.4, -0.2) is 65.7 Å². The molecule has 1 saturated carbocycles. The van der Waals surface area contributed by atoms with E-state index < -0.39 is 5.97 Å². The Balaban J connectivity index is 1.19. The molecule has 200 valence electrons. The standard InChI is InChI=1S/C32H44N2O3/c35-31(36)20-32(16-8-3-9-17-32)34-22-29(30(23-34)28-12-6-2-7-13-28)21-33-18-14-27(15-19-33)25-37-24-26-10-4-1-5-11-26/h1-2,4-7,10-13,27,29-30H,3,8-9,14-25H2,(H,35,36). The minimum absolute atomic E-state index is 0.158. The minimum Gasteiger partial charge on any atom is -0.481 e. The van der Waals surface area contributed by atoms with Crippen LogP contribution in [0.2, 0.25) is 0 Å². The van der Waals surface area contributed by atoms with Gasteiger partial charge in [0.15, 0.2) is 0 Å². The van der Waals surface area contributed by atoms with Crippen molar-refractivity contribution in [2.24, 2.45) is 11.8 Å². The van der Waals surface area contributed by atoms with Gasteiger partial charge < -0.3 is 14.7 Å². The van der Waals surface area contributed by atoms with Gasteiger partial charge in [-0.05, 0) is 61.7 Å². The van der Waals surface area contributed by atoms with Crippen molar-refractivity contribution in [3.05, 3.63) is 71.8 Å². The summed E-state index contributed by atoms with van der Waals surface area (Å²) >= 11 is 0. The van der Waals surface area contributed by atoms with E-state index in [0.717, 1.165) is 65.0 Å². The van der Waals surface area contributed by atoms with E-state index in [4.69, 9.17) is 4.74 Å². The van der Waals surface area contributed by atoms with Gasteiger partial charge in [-0.25, -0.2) is 0 Å². The molecule has 0 bridgehead atoms. The van der Waals surface area contributed by atoms with Crippen LogP contribution in [0.1, 0.15) is 68.4 Å². The second-order valence-corrected chi connectivity index (χ2v) is 11.8. The predicted octanol–water partition coefficient (Wildman–Crippen LogP) is 5.81. The van der Waals surface area contributed by atoms with Gasteiger partial charge in [0.1, 0.15) is 0 Å². The summed E-state index contributed by atoms with van der Waals surface area (Å²) in [5, 5.41) is 9.81. The number of hydrogen-bond donors (Lipinski definition) is 1. The Morgan fingerprint density at radius 1 is 0.919 bits per heavy atom. The molecular weight excluding hydrogens is 460 g/mol. The number of nitrogens with zero attached hydrogens (tertiary/aromatic N) is 2. The van der Waals surface area contributed by atoms with Crippen molar-refractivity contribution in [1.29, 1.82) is 0 Å². The molecule has 0 aromatic heterocycles. The number of carbonyl (C=O) groups is 1. The Hall–Kier alpha value is -2.21. The second kappa shape index (κ2) is 12.6. The SMILES string of the molecule is O=C(O)CC1(N2CC(CN3CCC(COCc4ccccc4)CC3)C(c3ccccc3)C2)CCCCC1. The number of ether oxygens (including phenoxy) is 1. The first-order chi connectivity index (χ1) is 18.1. The highest BCUT2D eigenvalue weighted by molar-refractivity contribution is 5.68. The number of carboxylic acid groups (broad SMARTS) is 1. The molecular formula is C32H44N2O3. The van der Waals surface area contributed by atoms with Crippen molar-refractivity contribution in [2.45, 2.75) is 69.4 Å². The lowest BCUT2D eigenvalue weighted by Gasteiger charge is -2.44. The minimum atomic E-state index is -0.641. The number of rotatable bonds is 10. The van der Waals surface area contributed by atoms with Gasteiger partial charge in [0, 0.05) is 37.7 Å². The molecule has 0 radical (unpaired) electrons. The molecule has 2 atom stereocenters. The molecule has 5 rings (SSSR count). The molecule has 1 N–H and O–H groups in total. The zero-order valence-electron chi connectivity index (χ0n) is 22.3. The summed E-state index contributed by atoms with van der Waals surface area (Å²) < 4.78 is 6.05. The number of benzene rings is 2. The summed E-state index contributed by atoms with van der Waals surface area (Å²) in [5.41, 5.74) is 2.51. The van der Waals surface area contributed by atoms with Crippen LogP contribution in [0.3, 0.4) is 0 Å². The lowest BCUT2D eigenvalue weighted by molar-refractivity contribution is -0.141. The number of hydrogen-bond acceptors (Lipinski definition) is 4. The van der Waals surface area contributed by atoms with Gasteiger partial charge in [0.2, 0.25) is 0 Å². The lowest BCUT2D eigenvalue weighted by Crippen LogP contribution is -2.50. The summed E-state index contributed by atoms with van der Waals surface area (Å²) in [6, 6.07) is 21.4. The molecule has 1 aliphatic carbocycles. The monoisotopic (exact) mass is 504 g/mol. The van der Waals surface area contributed by atoms with Crippen LogP contribution < -0.4 is 0 Å². The van der Waals surface area contributed by atoms with Gasteiger partial charge in [0.25, 0.3) is 0 Å². The number of carboxylic acids is 1. The van der Waals surface area contributed by atoms with Gasteiger partial charge >= 0.3 is 5.97 Å². The van der Waals surface area contributed by atoms with E-state index in [1.165, 1.54) is 30.4 Å². The Morgan fingerprint density at radius 2 is 1.59 bits per heavy atom. The van der Waals surface area contributed by atoms with E-state index in [0.29, 0.717) is 24.4 Å². The number of aliphatic carboxylic acids is 1. The molecule has 5 heteroatoms. The van der Waals surface area contributed by atoms with Crippen molar-refractivity contribution >= 4 is 5.97 Å². The first-order valence-corrected chi connectivity index (χ1v) is 14.5. The molecule has 2 heterocycles. The Morgan fingerprint density at radius 3 is 2.27 bits per heavy atom. The number of piperidine rings is 1. The zero-order chi connectivity index (χ0) is 25.5. The Bertz CT molecular complexity index is 968. The summed E-state index contributed by atoms with van der Waals surface area (Å²) in [6.45, 7) is 6.95. The smallest absolute Gasteiger partial charge is 0.305 e. The van der Waals surface area contributed by atoms with E-state index in [9.17, 15) is 9.90 Å². The molecule has 2 aromatic carbocycles. The second-order valence-electron chi connectivity index (χ2n) is 11.8. The van der Waals surface area contributed by atoms with Crippen LogP contribution in [0.4, 0.5) is 0 Å². The van der Waals surface area contributed by atoms with Crippen molar-refractivity contribution in [3.8, 4) is 0 Å². The first kappa shape index (κ1) is 26.4. The van der Waals surface area contributed by atoms with E-state index in [-0.39, 0.29) is 12.0 Å². The maximum atomic E-state index is 11.9. The average molecular weight is 505 g/mol. The van der Waals surface area contributed by atoms with Gasteiger partial charge in [-0.3, -0.25) is 9.69 Å². The molecule has 2 aliphatic heterocycles. The zero-order valence-corrected chi connectivity index (χ0v) is 22.3. The topological polar surface area (TPSA) is 53.0 Å². The maximum Gasteiger partial charge on any atom is 0.305 e. The molecule has 0 spiro atoms. The normalized spacial score (nSPS) is 25.3. The van der Waals surface area contributed by atoms with Gasteiger partial charge in [-0.1, -0.05) is 79.9 Å². The first-order valence-electron chi connectivity index (χ1n) is 14.5. The molecule has 2 unspecified atom stereocenters. The molecule has 2 saturated heterocycles. The third-order valence-electron chi connectivity index (χ3n) is 9.27. The van der Waals surface area contributed by atoms with Crippen molar-refractivity contribution in [2.75, 3.05) is 39.3 Å². The molecule has 0 amide bonds. The van der Waals surface area contributed by atoms with Crippen molar-refractivity contribution in [1.82, 2.24) is 9.80 Å². The highest BCUT2D eigenvalue weighted by atomic mass is 16.5. The van der Waals surface area contributed by atoms with Gasteiger partial charge in [-0.2, -0.15) is 0 Å². The highest BCUT2D eigenvalue weighted by Crippen LogP contribution is 2.44. The summed E-state index contributed by atoms with van der Waals surface area (Å²) in [5.74, 6) is 1.02. The quantitative estimate of drug-likeness (QED) is 0.443. The third-order valence-corrected chi connectivity index (χ3v) is 9.27. The van der Waals surface area contributed by atoms with Crippen molar-refractivity contribution < 1.29 is 14.6 Å². The van der Waals surface area contributed by atoms with E-state index in [2.05, 4.69) is 64.4 Å². The molecule has 3 aliphatic rings. The van der Waals surface area contributed by atoms with Crippen LogP contribution in [0, 0.1) is 11.8 Å². The van der Waals surface area contributed by atoms with Crippen LogP contribution >= 0.6 is 0 Å². The van der Waals surface area contributed by atoms with E-state index in [1.54, 1.807) is 0 Å². The van der Waals surface area contributed by atoms with Gasteiger partial charge in [-0.15, -0.1) is 0 Å². The van der Waals surface area contributed by atoms with Crippen LogP contribution in [0.25, 0.3) is 0 Å². The predicted molar refractivity (Wildman–Crippen MR) is 148 cm³/mol. The van der Waals surface area contributed by atoms with Crippen LogP contribution in [0.5, 0.6) is 0 Å².